The van der Waals surface area contributed by atoms with E-state index in [1.807, 2.05) is 0 Å². The highest BCUT2D eigenvalue weighted by Crippen LogP contribution is 2.34. The molecule has 0 spiro atoms. The van der Waals surface area contributed by atoms with Crippen molar-refractivity contribution in [1.82, 2.24) is 0 Å². The molecule has 0 saturated heterocycles. The predicted molar refractivity (Wildman–Crippen MR) is 125 cm³/mol. The van der Waals surface area contributed by atoms with Crippen LogP contribution >= 0.6 is 0 Å². The van der Waals surface area contributed by atoms with Gasteiger partial charge in [-0.25, -0.2) is 8.42 Å². The van der Waals surface area contributed by atoms with Crippen molar-refractivity contribution in [2.75, 3.05) is 36.5 Å². The van der Waals surface area contributed by atoms with E-state index >= 15 is 0 Å². The first kappa shape index (κ1) is 22.5. The molecule has 9 heteroatoms. The fraction of sp³-hybridized carbons (Fsp3) is 0.208. The van der Waals surface area contributed by atoms with E-state index in [0.29, 0.717) is 36.1 Å². The number of hydrogen-bond donors (Lipinski definition) is 1. The molecule has 1 N–H and O–H groups in total. The van der Waals surface area contributed by atoms with E-state index in [4.69, 9.17) is 14.2 Å². The Morgan fingerprint density at radius 2 is 1.67 bits per heavy atom. The average Bonchev–Trinajstić information content (AvgIpc) is 3.08. The monoisotopic (exact) mass is 468 g/mol. The standard InChI is InChI=1S/C24H24N2O6S/c1-30-21-11-6-5-10-20(21)26(33(28,29)19-8-3-2-4-9-19)17-24(27)25-18-12-13-22-23(16-18)32-15-7-14-31-22/h2-6,8-13,16H,7,14-15,17H2,1H3,(H,25,27). The normalized spacial score (nSPS) is 13.0. The van der Waals surface area contributed by atoms with Crippen LogP contribution in [0.1, 0.15) is 6.42 Å². The van der Waals surface area contributed by atoms with Crippen molar-refractivity contribution < 1.29 is 27.4 Å². The van der Waals surface area contributed by atoms with E-state index in [1.54, 1.807) is 60.7 Å². The van der Waals surface area contributed by atoms with Gasteiger partial charge in [-0.1, -0.05) is 30.3 Å². The molecule has 3 aromatic rings. The van der Waals surface area contributed by atoms with Crippen LogP contribution < -0.4 is 23.8 Å². The summed E-state index contributed by atoms with van der Waals surface area (Å²) in [6, 6.07) is 19.7. The summed E-state index contributed by atoms with van der Waals surface area (Å²) in [7, 11) is -2.60. The Balaban J connectivity index is 1.63. The maximum atomic E-state index is 13.5. The van der Waals surface area contributed by atoms with Gasteiger partial charge in [-0.05, 0) is 36.4 Å². The summed E-state index contributed by atoms with van der Waals surface area (Å²) in [5, 5.41) is 2.75. The van der Waals surface area contributed by atoms with E-state index in [1.165, 1.54) is 19.2 Å². The van der Waals surface area contributed by atoms with Crippen molar-refractivity contribution >= 4 is 27.3 Å². The van der Waals surface area contributed by atoms with E-state index < -0.39 is 22.5 Å². The lowest BCUT2D eigenvalue weighted by Crippen LogP contribution is -2.38. The second-order valence-electron chi connectivity index (χ2n) is 7.26. The molecule has 172 valence electrons. The molecule has 0 unspecified atom stereocenters. The highest BCUT2D eigenvalue weighted by Gasteiger charge is 2.29. The number of hydrogen-bond acceptors (Lipinski definition) is 6. The minimum atomic E-state index is -4.05. The summed E-state index contributed by atoms with van der Waals surface area (Å²) < 4.78 is 44.6. The van der Waals surface area contributed by atoms with Crippen molar-refractivity contribution in [2.45, 2.75) is 11.3 Å². The number of nitrogens with zero attached hydrogens (tertiary/aromatic N) is 1. The number of nitrogens with one attached hydrogen (secondary N) is 1. The number of fused-ring (bicyclic) bond motifs is 1. The van der Waals surface area contributed by atoms with Gasteiger partial charge in [0.2, 0.25) is 5.91 Å². The van der Waals surface area contributed by atoms with E-state index in [9.17, 15) is 13.2 Å². The smallest absolute Gasteiger partial charge is 0.264 e. The number of anilines is 2. The van der Waals surface area contributed by atoms with Crippen LogP contribution in [0.2, 0.25) is 0 Å². The SMILES string of the molecule is COc1ccccc1N(CC(=O)Nc1ccc2c(c1)OCCCO2)S(=O)(=O)c1ccccc1. The summed E-state index contributed by atoms with van der Waals surface area (Å²) in [6.45, 7) is 0.622. The van der Waals surface area contributed by atoms with Crippen molar-refractivity contribution in [3.63, 3.8) is 0 Å². The Morgan fingerprint density at radius 3 is 2.42 bits per heavy atom. The van der Waals surface area contributed by atoms with Gasteiger partial charge in [0.05, 0.1) is 30.9 Å². The minimum Gasteiger partial charge on any atom is -0.495 e. The van der Waals surface area contributed by atoms with Crippen molar-refractivity contribution in [3.8, 4) is 17.2 Å². The molecule has 0 radical (unpaired) electrons. The number of carbonyl (C=O) groups excluding carboxylic acids is 1. The Morgan fingerprint density at radius 1 is 0.970 bits per heavy atom. The molecule has 3 aromatic carbocycles. The second-order valence-corrected chi connectivity index (χ2v) is 9.12. The van der Waals surface area contributed by atoms with Crippen LogP contribution in [0.3, 0.4) is 0 Å². The van der Waals surface area contributed by atoms with Crippen LogP contribution in [0.25, 0.3) is 0 Å². The van der Waals surface area contributed by atoms with Gasteiger partial charge in [0.1, 0.15) is 12.3 Å². The molecule has 0 saturated carbocycles. The summed E-state index contributed by atoms with van der Waals surface area (Å²) in [6.07, 6.45) is 0.765. The first-order chi connectivity index (χ1) is 16.0. The van der Waals surface area contributed by atoms with Crippen LogP contribution in [-0.4, -0.2) is 41.2 Å². The van der Waals surface area contributed by atoms with Crippen LogP contribution in [-0.2, 0) is 14.8 Å². The third kappa shape index (κ3) is 5.04. The fourth-order valence-corrected chi connectivity index (χ4v) is 4.88. The third-order valence-corrected chi connectivity index (χ3v) is 6.78. The summed E-state index contributed by atoms with van der Waals surface area (Å²) >= 11 is 0. The molecule has 4 rings (SSSR count). The first-order valence-electron chi connectivity index (χ1n) is 10.4. The van der Waals surface area contributed by atoms with E-state index in [0.717, 1.165) is 10.7 Å². The Hall–Kier alpha value is -3.72. The lowest BCUT2D eigenvalue weighted by atomic mass is 10.2. The lowest BCUT2D eigenvalue weighted by Gasteiger charge is -2.25. The van der Waals surface area contributed by atoms with Gasteiger partial charge in [-0.3, -0.25) is 9.10 Å². The third-order valence-electron chi connectivity index (χ3n) is 5.00. The van der Waals surface area contributed by atoms with Gasteiger partial charge in [-0.15, -0.1) is 0 Å². The van der Waals surface area contributed by atoms with Crippen LogP contribution in [0.15, 0.2) is 77.7 Å². The molecule has 0 aliphatic carbocycles. The molecule has 0 aromatic heterocycles. The van der Waals surface area contributed by atoms with Crippen molar-refractivity contribution in [2.24, 2.45) is 0 Å². The van der Waals surface area contributed by atoms with E-state index in [2.05, 4.69) is 5.32 Å². The van der Waals surface area contributed by atoms with Crippen molar-refractivity contribution in [3.05, 3.63) is 72.8 Å². The number of benzene rings is 3. The molecule has 1 aliphatic heterocycles. The number of methoxy groups -OCH3 is 1. The minimum absolute atomic E-state index is 0.0688. The Kier molecular flexibility index (Phi) is 6.69. The number of amides is 1. The molecule has 8 nitrogen and oxygen atoms in total. The van der Waals surface area contributed by atoms with Gasteiger partial charge in [0, 0.05) is 18.2 Å². The van der Waals surface area contributed by atoms with Crippen molar-refractivity contribution in [1.29, 1.82) is 0 Å². The summed E-state index contributed by atoms with van der Waals surface area (Å²) in [4.78, 5) is 13.0. The van der Waals surface area contributed by atoms with Gasteiger partial charge >= 0.3 is 0 Å². The molecule has 1 aliphatic rings. The summed E-state index contributed by atoms with van der Waals surface area (Å²) in [5.41, 5.74) is 0.735. The second kappa shape index (κ2) is 9.83. The van der Waals surface area contributed by atoms with Gasteiger partial charge in [-0.2, -0.15) is 0 Å². The maximum Gasteiger partial charge on any atom is 0.264 e. The zero-order valence-corrected chi connectivity index (χ0v) is 18.9. The largest absolute Gasteiger partial charge is 0.495 e. The zero-order valence-electron chi connectivity index (χ0n) is 18.1. The summed E-state index contributed by atoms with van der Waals surface area (Å²) in [5.74, 6) is 0.951. The number of ether oxygens (including phenoxy) is 3. The van der Waals surface area contributed by atoms with Gasteiger partial charge in [0.25, 0.3) is 10.0 Å². The molecular weight excluding hydrogens is 444 g/mol. The Bertz CT molecular complexity index is 1230. The highest BCUT2D eigenvalue weighted by molar-refractivity contribution is 7.92. The predicted octanol–water partition coefficient (Wildman–Crippen LogP) is 3.69. The fourth-order valence-electron chi connectivity index (χ4n) is 3.43. The molecule has 0 bridgehead atoms. The molecule has 0 fully saturated rings. The maximum absolute atomic E-state index is 13.5. The number of para-hydroxylation sites is 2. The first-order valence-corrected chi connectivity index (χ1v) is 11.8. The zero-order chi connectivity index (χ0) is 23.3. The molecular formula is C24H24N2O6S. The lowest BCUT2D eigenvalue weighted by molar-refractivity contribution is -0.114. The number of rotatable bonds is 7. The van der Waals surface area contributed by atoms with E-state index in [-0.39, 0.29) is 10.6 Å². The quantitative estimate of drug-likeness (QED) is 0.568. The average molecular weight is 469 g/mol. The number of sulfonamides is 1. The van der Waals surface area contributed by atoms with Crippen LogP contribution in [0.4, 0.5) is 11.4 Å². The highest BCUT2D eigenvalue weighted by atomic mass is 32.2. The van der Waals surface area contributed by atoms with Crippen LogP contribution in [0.5, 0.6) is 17.2 Å². The number of carbonyl (C=O) groups is 1. The Labute approximate surface area is 192 Å². The molecule has 1 amide bonds. The van der Waals surface area contributed by atoms with Gasteiger partial charge in [0.15, 0.2) is 11.5 Å². The van der Waals surface area contributed by atoms with Crippen LogP contribution in [0, 0.1) is 0 Å². The molecule has 1 heterocycles. The topological polar surface area (TPSA) is 94.2 Å². The molecule has 0 atom stereocenters. The van der Waals surface area contributed by atoms with Gasteiger partial charge < -0.3 is 19.5 Å². The molecule has 33 heavy (non-hydrogen) atoms.